The van der Waals surface area contributed by atoms with Gasteiger partial charge in [-0.1, -0.05) is 32.4 Å². The molecule has 27 heavy (non-hydrogen) atoms. The minimum atomic E-state index is 0.366. The van der Waals surface area contributed by atoms with Crippen LogP contribution in [-0.2, 0) is 0 Å². The molecule has 2 bridgehead atoms. The summed E-state index contributed by atoms with van der Waals surface area (Å²) in [6, 6.07) is 0.538. The molecule has 0 aromatic carbocycles. The summed E-state index contributed by atoms with van der Waals surface area (Å²) in [5.41, 5.74) is 9.58. The van der Waals surface area contributed by atoms with Crippen LogP contribution in [0.3, 0.4) is 0 Å². The fraction of sp³-hybridized carbons (Fsp3) is 0.727. The van der Waals surface area contributed by atoms with Gasteiger partial charge in [-0.25, -0.2) is 9.97 Å². The average Bonchev–Trinajstić information content (AvgIpc) is 2.86. The second kappa shape index (κ2) is 6.99. The van der Waals surface area contributed by atoms with Gasteiger partial charge in [0, 0.05) is 19.1 Å². The number of anilines is 3. The smallest absolute Gasteiger partial charge is 0.157 e. The van der Waals surface area contributed by atoms with Gasteiger partial charge in [0.2, 0.25) is 0 Å². The maximum atomic E-state index is 6.53. The van der Waals surface area contributed by atoms with Gasteiger partial charge in [0.05, 0.1) is 0 Å². The van der Waals surface area contributed by atoms with Crippen molar-refractivity contribution < 1.29 is 0 Å². The summed E-state index contributed by atoms with van der Waals surface area (Å²) in [6.45, 7) is 9.17. The van der Waals surface area contributed by atoms with Crippen LogP contribution >= 0.6 is 0 Å². The average molecular weight is 370 g/mol. The summed E-state index contributed by atoms with van der Waals surface area (Å²) in [4.78, 5) is 11.5. The molecule has 2 unspecified atom stereocenters. The molecule has 5 nitrogen and oxygen atoms in total. The molecule has 1 saturated carbocycles. The molecule has 3 aliphatic rings. The van der Waals surface area contributed by atoms with E-state index in [1.807, 2.05) is 0 Å². The number of nitrogens with one attached hydrogen (secondary N) is 1. The van der Waals surface area contributed by atoms with Crippen LogP contribution in [0.2, 0.25) is 0 Å². The lowest BCUT2D eigenvalue weighted by atomic mass is 9.65. The molecular weight excluding hydrogens is 334 g/mol. The summed E-state index contributed by atoms with van der Waals surface area (Å²) < 4.78 is 0. The Morgan fingerprint density at radius 2 is 2.07 bits per heavy atom. The van der Waals surface area contributed by atoms with Gasteiger partial charge in [-0.3, -0.25) is 0 Å². The molecule has 0 spiro atoms. The predicted octanol–water partition coefficient (Wildman–Crippen LogP) is 4.77. The van der Waals surface area contributed by atoms with Crippen molar-refractivity contribution in [3.05, 3.63) is 18.0 Å². The van der Waals surface area contributed by atoms with Crippen LogP contribution < -0.4 is 16.0 Å². The summed E-state index contributed by atoms with van der Waals surface area (Å²) in [6.07, 6.45) is 14.0. The zero-order chi connectivity index (χ0) is 19.1. The molecule has 3 N–H and O–H groups in total. The highest BCUT2D eigenvalue weighted by Crippen LogP contribution is 2.53. The Kier molecular flexibility index (Phi) is 4.81. The summed E-state index contributed by atoms with van der Waals surface area (Å²) in [7, 11) is 0. The Morgan fingerprint density at radius 3 is 2.85 bits per heavy atom. The van der Waals surface area contributed by atoms with Gasteiger partial charge in [-0.15, -0.1) is 0 Å². The van der Waals surface area contributed by atoms with Crippen molar-refractivity contribution in [2.45, 2.75) is 78.2 Å². The third-order valence-corrected chi connectivity index (χ3v) is 6.67. The van der Waals surface area contributed by atoms with Crippen molar-refractivity contribution in [1.29, 1.82) is 0 Å². The topological polar surface area (TPSA) is 67.1 Å². The lowest BCUT2D eigenvalue weighted by molar-refractivity contribution is 0.136. The summed E-state index contributed by atoms with van der Waals surface area (Å²) in [5, 5.41) is 3.47. The lowest BCUT2D eigenvalue weighted by Gasteiger charge is -2.39. The third kappa shape index (κ3) is 3.92. The largest absolute Gasteiger partial charge is 0.393 e. The standard InChI is InChI=1S/C22H35N5/c1-21(2)11-17-12-22(3,13-21)14-27(17)20-18(23)19(25-15-26-20)24-10-9-16-7-5-4-6-8-16/h7,15,17H,4-6,8-14,23H2,1-3H3,(H,24,25,26). The van der Waals surface area contributed by atoms with Crippen LogP contribution in [0.15, 0.2) is 18.0 Å². The monoisotopic (exact) mass is 369 g/mol. The van der Waals surface area contributed by atoms with Crippen molar-refractivity contribution in [3.63, 3.8) is 0 Å². The van der Waals surface area contributed by atoms with Crippen molar-refractivity contribution in [2.75, 3.05) is 29.0 Å². The third-order valence-electron chi connectivity index (χ3n) is 6.67. The number of rotatable bonds is 5. The minimum absolute atomic E-state index is 0.366. The van der Waals surface area contributed by atoms with E-state index in [-0.39, 0.29) is 0 Å². The number of nitrogen functional groups attached to an aromatic ring is 1. The maximum Gasteiger partial charge on any atom is 0.157 e. The number of nitrogens with zero attached hydrogens (tertiary/aromatic N) is 3. The first-order valence-electron chi connectivity index (χ1n) is 10.6. The Balaban J connectivity index is 1.47. The van der Waals surface area contributed by atoms with Gasteiger partial charge in [0.15, 0.2) is 11.6 Å². The molecule has 1 saturated heterocycles. The van der Waals surface area contributed by atoms with E-state index in [0.29, 0.717) is 22.6 Å². The van der Waals surface area contributed by atoms with Gasteiger partial charge in [-0.2, -0.15) is 0 Å². The van der Waals surface area contributed by atoms with Crippen LogP contribution in [0.1, 0.15) is 72.1 Å². The van der Waals surface area contributed by atoms with E-state index in [0.717, 1.165) is 31.1 Å². The van der Waals surface area contributed by atoms with Crippen LogP contribution in [0.25, 0.3) is 0 Å². The Bertz CT molecular complexity index is 725. The molecule has 5 heteroatoms. The van der Waals surface area contributed by atoms with Crippen LogP contribution in [0.4, 0.5) is 17.3 Å². The number of aromatic nitrogens is 2. The first-order valence-corrected chi connectivity index (χ1v) is 10.6. The number of fused-ring (bicyclic) bond motifs is 2. The zero-order valence-corrected chi connectivity index (χ0v) is 17.2. The number of allylic oxidation sites excluding steroid dienone is 1. The van der Waals surface area contributed by atoms with Crippen LogP contribution in [0.5, 0.6) is 0 Å². The van der Waals surface area contributed by atoms with Crippen molar-refractivity contribution in [2.24, 2.45) is 10.8 Å². The predicted molar refractivity (Wildman–Crippen MR) is 113 cm³/mol. The van der Waals surface area contributed by atoms with E-state index in [4.69, 9.17) is 5.73 Å². The number of hydrogen-bond acceptors (Lipinski definition) is 5. The number of nitrogens with two attached hydrogens (primary N) is 1. The molecule has 2 fully saturated rings. The van der Waals surface area contributed by atoms with Crippen molar-refractivity contribution in [1.82, 2.24) is 9.97 Å². The highest BCUT2D eigenvalue weighted by Gasteiger charge is 2.50. The molecule has 2 heterocycles. The second-order valence-electron chi connectivity index (χ2n) is 10.1. The molecule has 1 aromatic rings. The Hall–Kier alpha value is -1.78. The van der Waals surface area contributed by atoms with E-state index in [9.17, 15) is 0 Å². The first-order chi connectivity index (χ1) is 12.9. The lowest BCUT2D eigenvalue weighted by Crippen LogP contribution is -2.35. The molecule has 4 rings (SSSR count). The summed E-state index contributed by atoms with van der Waals surface area (Å²) >= 11 is 0. The van der Waals surface area contributed by atoms with Gasteiger partial charge in [0.1, 0.15) is 12.0 Å². The van der Waals surface area contributed by atoms with Gasteiger partial charge < -0.3 is 16.0 Å². The molecule has 2 atom stereocenters. The van der Waals surface area contributed by atoms with Crippen molar-refractivity contribution >= 4 is 17.3 Å². The highest BCUT2D eigenvalue weighted by atomic mass is 15.3. The molecule has 1 aromatic heterocycles. The zero-order valence-electron chi connectivity index (χ0n) is 17.2. The molecule has 0 amide bonds. The second-order valence-corrected chi connectivity index (χ2v) is 10.1. The molecule has 2 aliphatic carbocycles. The fourth-order valence-corrected chi connectivity index (χ4v) is 5.94. The van der Waals surface area contributed by atoms with Crippen LogP contribution in [0, 0.1) is 10.8 Å². The van der Waals surface area contributed by atoms with Crippen molar-refractivity contribution in [3.8, 4) is 0 Å². The Labute approximate surface area is 163 Å². The SMILES string of the molecule is CC1(C)CC2CC(C)(CN2c2ncnc(NCCC3=CCCCC3)c2N)C1. The maximum absolute atomic E-state index is 6.53. The van der Waals surface area contributed by atoms with E-state index in [1.54, 1.807) is 11.9 Å². The van der Waals surface area contributed by atoms with Gasteiger partial charge >= 0.3 is 0 Å². The minimum Gasteiger partial charge on any atom is -0.393 e. The van der Waals surface area contributed by atoms with Gasteiger partial charge in [0.25, 0.3) is 0 Å². The summed E-state index contributed by atoms with van der Waals surface area (Å²) in [5.74, 6) is 1.72. The van der Waals surface area contributed by atoms with E-state index in [1.165, 1.54) is 44.9 Å². The number of hydrogen-bond donors (Lipinski definition) is 2. The quantitative estimate of drug-likeness (QED) is 0.732. The van der Waals surface area contributed by atoms with E-state index >= 15 is 0 Å². The molecule has 0 radical (unpaired) electrons. The normalized spacial score (nSPS) is 29.5. The van der Waals surface area contributed by atoms with E-state index < -0.39 is 0 Å². The molecular formula is C22H35N5. The van der Waals surface area contributed by atoms with Crippen LogP contribution in [-0.4, -0.2) is 29.1 Å². The Morgan fingerprint density at radius 1 is 1.22 bits per heavy atom. The van der Waals surface area contributed by atoms with E-state index in [2.05, 4.69) is 47.0 Å². The highest BCUT2D eigenvalue weighted by molar-refractivity contribution is 5.75. The first kappa shape index (κ1) is 18.6. The van der Waals surface area contributed by atoms with Gasteiger partial charge in [-0.05, 0) is 62.2 Å². The fourth-order valence-electron chi connectivity index (χ4n) is 5.94. The molecule has 148 valence electrons. The molecule has 1 aliphatic heterocycles.